The molecule has 106 valence electrons. The normalized spacial score (nSPS) is 20.8. The Labute approximate surface area is 119 Å². The van der Waals surface area contributed by atoms with Crippen LogP contribution in [0.4, 0.5) is 0 Å². The molecule has 1 saturated heterocycles. The minimum absolute atomic E-state index is 0.177. The topological polar surface area (TPSA) is 45.5 Å². The number of fused-ring (bicyclic) bond motifs is 1. The van der Waals surface area contributed by atoms with E-state index in [4.69, 9.17) is 9.47 Å². The van der Waals surface area contributed by atoms with Gasteiger partial charge in [-0.1, -0.05) is 18.9 Å². The van der Waals surface area contributed by atoms with E-state index in [2.05, 4.69) is 11.0 Å². The molecule has 3 rings (SSSR count). The molecule has 4 heteroatoms. The van der Waals surface area contributed by atoms with E-state index in [1.54, 1.807) is 0 Å². The molecule has 0 amide bonds. The van der Waals surface area contributed by atoms with E-state index in [0.717, 1.165) is 30.2 Å². The standard InChI is InChI=1S/C16H20N2O2/c17-12-14(18-7-3-1-2-4-8-18)13-5-6-15-16(11-13)20-10-9-19-15/h5-6,11,14H,1-4,7-10H2. The van der Waals surface area contributed by atoms with Crippen LogP contribution in [0.2, 0.25) is 0 Å². The molecular formula is C16H20N2O2. The van der Waals surface area contributed by atoms with Gasteiger partial charge in [-0.3, -0.25) is 4.90 Å². The van der Waals surface area contributed by atoms with Crippen molar-refractivity contribution in [2.75, 3.05) is 26.3 Å². The smallest absolute Gasteiger partial charge is 0.161 e. The van der Waals surface area contributed by atoms with E-state index in [-0.39, 0.29) is 6.04 Å². The van der Waals surface area contributed by atoms with Gasteiger partial charge in [0.05, 0.1) is 6.07 Å². The number of hydrogen-bond acceptors (Lipinski definition) is 4. The number of benzene rings is 1. The Balaban J connectivity index is 1.83. The highest BCUT2D eigenvalue weighted by atomic mass is 16.6. The molecule has 2 aliphatic heterocycles. The Morgan fingerprint density at radius 2 is 1.70 bits per heavy atom. The van der Waals surface area contributed by atoms with Crippen molar-refractivity contribution in [1.29, 1.82) is 5.26 Å². The van der Waals surface area contributed by atoms with E-state index >= 15 is 0 Å². The molecule has 0 N–H and O–H groups in total. The zero-order valence-electron chi connectivity index (χ0n) is 11.7. The Morgan fingerprint density at radius 3 is 2.40 bits per heavy atom. The number of likely N-dealkylation sites (tertiary alicyclic amines) is 1. The summed E-state index contributed by atoms with van der Waals surface area (Å²) in [5.74, 6) is 1.55. The lowest BCUT2D eigenvalue weighted by atomic mass is 10.1. The minimum atomic E-state index is -0.177. The summed E-state index contributed by atoms with van der Waals surface area (Å²) in [5.41, 5.74) is 1.01. The van der Waals surface area contributed by atoms with E-state index in [1.165, 1.54) is 25.7 Å². The Bertz CT molecular complexity index is 502. The highest BCUT2D eigenvalue weighted by molar-refractivity contribution is 5.45. The van der Waals surface area contributed by atoms with Gasteiger partial charge in [0.15, 0.2) is 11.5 Å². The molecule has 2 aliphatic rings. The molecule has 0 saturated carbocycles. The maximum Gasteiger partial charge on any atom is 0.161 e. The Hall–Kier alpha value is -1.73. The first-order valence-electron chi connectivity index (χ1n) is 7.42. The summed E-state index contributed by atoms with van der Waals surface area (Å²) in [7, 11) is 0. The van der Waals surface area contributed by atoms with Crippen molar-refractivity contribution in [3.8, 4) is 17.6 Å². The van der Waals surface area contributed by atoms with E-state index in [0.29, 0.717) is 13.2 Å². The predicted octanol–water partition coefficient (Wildman–Crippen LogP) is 2.90. The van der Waals surface area contributed by atoms with Crippen LogP contribution in [0.3, 0.4) is 0 Å². The number of rotatable bonds is 2. The lowest BCUT2D eigenvalue weighted by Gasteiger charge is -2.27. The fraction of sp³-hybridized carbons (Fsp3) is 0.562. The van der Waals surface area contributed by atoms with Gasteiger partial charge in [0.2, 0.25) is 0 Å². The average molecular weight is 272 g/mol. The van der Waals surface area contributed by atoms with Crippen molar-refractivity contribution in [3.05, 3.63) is 23.8 Å². The Kier molecular flexibility index (Phi) is 4.08. The van der Waals surface area contributed by atoms with Crippen LogP contribution in [0, 0.1) is 11.3 Å². The third kappa shape index (κ3) is 2.73. The summed E-state index contributed by atoms with van der Waals surface area (Å²) in [5, 5.41) is 9.56. The summed E-state index contributed by atoms with van der Waals surface area (Å²) >= 11 is 0. The zero-order valence-corrected chi connectivity index (χ0v) is 11.7. The van der Waals surface area contributed by atoms with Gasteiger partial charge in [0.25, 0.3) is 0 Å². The van der Waals surface area contributed by atoms with Crippen LogP contribution < -0.4 is 9.47 Å². The molecule has 0 bridgehead atoms. The highest BCUT2D eigenvalue weighted by Crippen LogP contribution is 2.34. The van der Waals surface area contributed by atoms with Crippen LogP contribution in [0.25, 0.3) is 0 Å². The summed E-state index contributed by atoms with van der Waals surface area (Å²) in [6.07, 6.45) is 4.91. The van der Waals surface area contributed by atoms with Gasteiger partial charge in [-0.25, -0.2) is 0 Å². The van der Waals surface area contributed by atoms with Crippen molar-refractivity contribution >= 4 is 0 Å². The van der Waals surface area contributed by atoms with Crippen molar-refractivity contribution in [1.82, 2.24) is 4.90 Å². The third-order valence-corrected chi connectivity index (χ3v) is 4.01. The van der Waals surface area contributed by atoms with Crippen molar-refractivity contribution < 1.29 is 9.47 Å². The van der Waals surface area contributed by atoms with Crippen LogP contribution in [0.15, 0.2) is 18.2 Å². The first-order valence-corrected chi connectivity index (χ1v) is 7.42. The molecule has 1 aromatic carbocycles. The molecule has 20 heavy (non-hydrogen) atoms. The monoisotopic (exact) mass is 272 g/mol. The first kappa shape index (κ1) is 13.3. The SMILES string of the molecule is N#CC(c1ccc2c(c1)OCCO2)N1CCCCCC1. The molecule has 2 heterocycles. The maximum atomic E-state index is 9.56. The number of hydrogen-bond donors (Lipinski definition) is 0. The first-order chi connectivity index (χ1) is 9.88. The van der Waals surface area contributed by atoms with Gasteiger partial charge in [0, 0.05) is 0 Å². The second-order valence-corrected chi connectivity index (χ2v) is 5.38. The molecule has 1 atom stereocenters. The van der Waals surface area contributed by atoms with E-state index in [1.807, 2.05) is 18.2 Å². The number of ether oxygens (including phenoxy) is 2. The summed E-state index contributed by atoms with van der Waals surface area (Å²) in [6.45, 7) is 3.19. The fourth-order valence-corrected chi connectivity index (χ4v) is 2.95. The van der Waals surface area contributed by atoms with Gasteiger partial charge in [-0.15, -0.1) is 0 Å². The van der Waals surface area contributed by atoms with Crippen LogP contribution in [-0.4, -0.2) is 31.2 Å². The molecule has 4 nitrogen and oxygen atoms in total. The van der Waals surface area contributed by atoms with Gasteiger partial charge >= 0.3 is 0 Å². The van der Waals surface area contributed by atoms with Gasteiger partial charge in [-0.2, -0.15) is 5.26 Å². The van der Waals surface area contributed by atoms with Gasteiger partial charge in [-0.05, 0) is 43.6 Å². The molecule has 0 radical (unpaired) electrons. The third-order valence-electron chi connectivity index (χ3n) is 4.01. The minimum Gasteiger partial charge on any atom is -0.486 e. The van der Waals surface area contributed by atoms with Gasteiger partial charge in [0.1, 0.15) is 19.3 Å². The molecule has 1 unspecified atom stereocenters. The zero-order chi connectivity index (χ0) is 13.8. The molecular weight excluding hydrogens is 252 g/mol. The maximum absolute atomic E-state index is 9.56. The van der Waals surface area contributed by atoms with Crippen LogP contribution in [0.1, 0.15) is 37.3 Å². The predicted molar refractivity (Wildman–Crippen MR) is 75.8 cm³/mol. The van der Waals surface area contributed by atoms with E-state index < -0.39 is 0 Å². The average Bonchev–Trinajstić information content (AvgIpc) is 2.77. The van der Waals surface area contributed by atoms with Gasteiger partial charge < -0.3 is 9.47 Å². The lowest BCUT2D eigenvalue weighted by Crippen LogP contribution is -2.29. The fourth-order valence-electron chi connectivity index (χ4n) is 2.95. The van der Waals surface area contributed by atoms with Crippen molar-refractivity contribution in [2.45, 2.75) is 31.7 Å². The van der Waals surface area contributed by atoms with Crippen LogP contribution in [0.5, 0.6) is 11.5 Å². The number of nitrogens with zero attached hydrogens (tertiary/aromatic N) is 2. The quantitative estimate of drug-likeness (QED) is 0.830. The molecule has 0 aliphatic carbocycles. The second kappa shape index (κ2) is 6.15. The van der Waals surface area contributed by atoms with Crippen molar-refractivity contribution in [3.63, 3.8) is 0 Å². The van der Waals surface area contributed by atoms with E-state index in [9.17, 15) is 5.26 Å². The van der Waals surface area contributed by atoms with Crippen LogP contribution in [-0.2, 0) is 0 Å². The summed E-state index contributed by atoms with van der Waals surface area (Å²) in [4.78, 5) is 2.29. The highest BCUT2D eigenvalue weighted by Gasteiger charge is 2.23. The number of nitriles is 1. The second-order valence-electron chi connectivity index (χ2n) is 5.38. The molecule has 0 spiro atoms. The largest absolute Gasteiger partial charge is 0.486 e. The lowest BCUT2D eigenvalue weighted by molar-refractivity contribution is 0.170. The molecule has 1 aromatic rings. The summed E-state index contributed by atoms with van der Waals surface area (Å²) in [6, 6.07) is 8.16. The van der Waals surface area contributed by atoms with Crippen LogP contribution >= 0.6 is 0 Å². The molecule has 0 aromatic heterocycles. The van der Waals surface area contributed by atoms with Crippen molar-refractivity contribution in [2.24, 2.45) is 0 Å². The summed E-state index contributed by atoms with van der Waals surface area (Å²) < 4.78 is 11.2. The Morgan fingerprint density at radius 1 is 1.00 bits per heavy atom. The molecule has 1 fully saturated rings.